The largest absolute Gasteiger partial charge is 0.334 e. The molecule has 2 rings (SSSR count). The van der Waals surface area contributed by atoms with Gasteiger partial charge in [0.2, 0.25) is 0 Å². The Morgan fingerprint density at radius 1 is 1.53 bits per heavy atom. The first-order valence-electron chi connectivity index (χ1n) is 5.82. The maximum Gasteiger partial charge on any atom is 0.265 e. The molecule has 0 aliphatic carbocycles. The Kier molecular flexibility index (Phi) is 4.22. The summed E-state index contributed by atoms with van der Waals surface area (Å²) >= 11 is 4.95. The highest BCUT2D eigenvalue weighted by Crippen LogP contribution is 2.25. The van der Waals surface area contributed by atoms with E-state index in [0.29, 0.717) is 0 Å². The Morgan fingerprint density at radius 3 is 2.94 bits per heavy atom. The van der Waals surface area contributed by atoms with Crippen LogP contribution in [0.15, 0.2) is 15.9 Å². The summed E-state index contributed by atoms with van der Waals surface area (Å²) in [5.74, 6) is 0.162. The van der Waals surface area contributed by atoms with Crippen LogP contribution in [0.3, 0.4) is 0 Å². The molecule has 1 amide bonds. The van der Waals surface area contributed by atoms with Crippen molar-refractivity contribution in [3.8, 4) is 0 Å². The van der Waals surface area contributed by atoms with E-state index in [0.717, 1.165) is 35.4 Å². The number of carbonyl (C=O) groups is 1. The summed E-state index contributed by atoms with van der Waals surface area (Å²) in [6, 6.07) is 2.22. The minimum atomic E-state index is 0.162. The summed E-state index contributed by atoms with van der Waals surface area (Å²) in [5, 5.41) is 1.95. The van der Waals surface area contributed by atoms with E-state index in [-0.39, 0.29) is 11.9 Å². The van der Waals surface area contributed by atoms with Gasteiger partial charge in [0.25, 0.3) is 5.91 Å². The van der Waals surface area contributed by atoms with Crippen molar-refractivity contribution in [2.24, 2.45) is 0 Å². The van der Waals surface area contributed by atoms with Crippen LogP contribution >= 0.6 is 27.3 Å². The third-order valence-electron chi connectivity index (χ3n) is 3.12. The van der Waals surface area contributed by atoms with Crippen molar-refractivity contribution in [3.05, 3.63) is 20.8 Å². The molecule has 1 aromatic heterocycles. The van der Waals surface area contributed by atoms with Crippen LogP contribution in [0.4, 0.5) is 0 Å². The predicted molar refractivity (Wildman–Crippen MR) is 74.6 cm³/mol. The van der Waals surface area contributed by atoms with Gasteiger partial charge in [-0.2, -0.15) is 0 Å². The number of nitrogens with zero attached hydrogens (tertiary/aromatic N) is 2. The Balaban J connectivity index is 2.16. The first-order chi connectivity index (χ1) is 8.09. The lowest BCUT2D eigenvalue weighted by Gasteiger charge is -2.27. The second kappa shape index (κ2) is 5.50. The van der Waals surface area contributed by atoms with Gasteiger partial charge < -0.3 is 9.80 Å². The van der Waals surface area contributed by atoms with Gasteiger partial charge in [-0.3, -0.25) is 4.79 Å². The zero-order valence-electron chi connectivity index (χ0n) is 10.1. The number of amides is 1. The molecule has 17 heavy (non-hydrogen) atoms. The molecule has 1 unspecified atom stereocenters. The lowest BCUT2D eigenvalue weighted by atomic mass is 10.2. The summed E-state index contributed by atoms with van der Waals surface area (Å²) in [6.07, 6.45) is 1.05. The van der Waals surface area contributed by atoms with E-state index in [2.05, 4.69) is 34.8 Å². The highest BCUT2D eigenvalue weighted by Gasteiger charge is 2.26. The molecule has 0 N–H and O–H groups in total. The average molecular weight is 317 g/mol. The van der Waals surface area contributed by atoms with Crippen molar-refractivity contribution in [1.82, 2.24) is 9.80 Å². The minimum Gasteiger partial charge on any atom is -0.334 e. The SMILES string of the molecule is CC1CN(C)CCCN1C(=O)c1sccc1Br. The van der Waals surface area contributed by atoms with Crippen LogP contribution < -0.4 is 0 Å². The van der Waals surface area contributed by atoms with Crippen molar-refractivity contribution in [1.29, 1.82) is 0 Å². The van der Waals surface area contributed by atoms with Crippen molar-refractivity contribution in [2.75, 3.05) is 26.7 Å². The van der Waals surface area contributed by atoms with E-state index in [9.17, 15) is 4.79 Å². The van der Waals surface area contributed by atoms with Crippen molar-refractivity contribution < 1.29 is 4.79 Å². The molecule has 1 saturated heterocycles. The fourth-order valence-electron chi connectivity index (χ4n) is 2.25. The van der Waals surface area contributed by atoms with Crippen LogP contribution in [0.5, 0.6) is 0 Å². The molecule has 1 aliphatic heterocycles. The Hall–Kier alpha value is -0.390. The number of carbonyl (C=O) groups excluding carboxylic acids is 1. The summed E-state index contributed by atoms with van der Waals surface area (Å²) in [4.78, 5) is 17.6. The molecule has 0 spiro atoms. The number of hydrogen-bond acceptors (Lipinski definition) is 3. The first kappa shape index (κ1) is 13.1. The van der Waals surface area contributed by atoms with Gasteiger partial charge in [-0.05, 0) is 54.3 Å². The van der Waals surface area contributed by atoms with Gasteiger partial charge in [0.15, 0.2) is 0 Å². The molecule has 0 radical (unpaired) electrons. The second-order valence-corrected chi connectivity index (χ2v) is 6.33. The lowest BCUT2D eigenvalue weighted by Crippen LogP contribution is -2.41. The van der Waals surface area contributed by atoms with Crippen LogP contribution in [0, 0.1) is 0 Å². The van der Waals surface area contributed by atoms with E-state index < -0.39 is 0 Å². The number of likely N-dealkylation sites (N-methyl/N-ethyl adjacent to an activating group) is 1. The van der Waals surface area contributed by atoms with Crippen LogP contribution in [0.1, 0.15) is 23.0 Å². The third kappa shape index (κ3) is 2.89. The molecule has 5 heteroatoms. The van der Waals surface area contributed by atoms with Crippen molar-refractivity contribution in [3.63, 3.8) is 0 Å². The Bertz CT molecular complexity index is 407. The molecule has 0 saturated carbocycles. The number of hydrogen-bond donors (Lipinski definition) is 0. The van der Waals surface area contributed by atoms with Crippen LogP contribution in [-0.2, 0) is 0 Å². The Morgan fingerprint density at radius 2 is 2.29 bits per heavy atom. The number of halogens is 1. The zero-order valence-corrected chi connectivity index (χ0v) is 12.6. The van der Waals surface area contributed by atoms with Gasteiger partial charge in [-0.15, -0.1) is 11.3 Å². The van der Waals surface area contributed by atoms with E-state index in [1.807, 2.05) is 16.3 Å². The molecular weight excluding hydrogens is 300 g/mol. The molecule has 1 aliphatic rings. The normalized spacial score (nSPS) is 22.5. The van der Waals surface area contributed by atoms with Crippen LogP contribution in [-0.4, -0.2) is 48.4 Å². The van der Waals surface area contributed by atoms with Gasteiger partial charge in [0.05, 0.1) is 0 Å². The maximum absolute atomic E-state index is 12.4. The molecule has 0 bridgehead atoms. The van der Waals surface area contributed by atoms with E-state index >= 15 is 0 Å². The third-order valence-corrected chi connectivity index (χ3v) is 4.94. The van der Waals surface area contributed by atoms with Crippen molar-refractivity contribution >= 4 is 33.2 Å². The monoisotopic (exact) mass is 316 g/mol. The fraction of sp³-hybridized carbons (Fsp3) is 0.583. The quantitative estimate of drug-likeness (QED) is 0.795. The molecule has 2 heterocycles. The second-order valence-electron chi connectivity index (χ2n) is 4.56. The van der Waals surface area contributed by atoms with Crippen LogP contribution in [0.25, 0.3) is 0 Å². The van der Waals surface area contributed by atoms with Crippen LogP contribution in [0.2, 0.25) is 0 Å². The lowest BCUT2D eigenvalue weighted by molar-refractivity contribution is 0.0700. The number of thiophene rings is 1. The van der Waals surface area contributed by atoms with Gasteiger partial charge >= 0.3 is 0 Å². The Labute approximate surface area is 115 Å². The topological polar surface area (TPSA) is 23.6 Å². The summed E-state index contributed by atoms with van der Waals surface area (Å²) in [5.41, 5.74) is 0. The molecule has 1 fully saturated rings. The number of rotatable bonds is 1. The molecule has 3 nitrogen and oxygen atoms in total. The first-order valence-corrected chi connectivity index (χ1v) is 7.49. The molecule has 1 aromatic rings. The van der Waals surface area contributed by atoms with Gasteiger partial charge in [0, 0.05) is 23.6 Å². The summed E-state index contributed by atoms with van der Waals surface area (Å²) in [6.45, 7) is 5.00. The molecular formula is C12H17BrN2OS. The smallest absolute Gasteiger partial charge is 0.265 e. The fourth-order valence-corrected chi connectivity index (χ4v) is 3.75. The van der Waals surface area contributed by atoms with E-state index in [1.165, 1.54) is 11.3 Å². The van der Waals surface area contributed by atoms with E-state index in [4.69, 9.17) is 0 Å². The highest BCUT2D eigenvalue weighted by molar-refractivity contribution is 9.10. The van der Waals surface area contributed by atoms with Crippen molar-refractivity contribution in [2.45, 2.75) is 19.4 Å². The highest BCUT2D eigenvalue weighted by atomic mass is 79.9. The van der Waals surface area contributed by atoms with E-state index in [1.54, 1.807) is 0 Å². The maximum atomic E-state index is 12.4. The average Bonchev–Trinajstić information content (AvgIpc) is 2.61. The van der Waals surface area contributed by atoms with Gasteiger partial charge in [-0.25, -0.2) is 0 Å². The summed E-state index contributed by atoms with van der Waals surface area (Å²) < 4.78 is 0.914. The molecule has 94 valence electrons. The molecule has 0 aromatic carbocycles. The van der Waals surface area contributed by atoms with Gasteiger partial charge in [0.1, 0.15) is 4.88 Å². The standard InChI is InChI=1S/C12H17BrN2OS/c1-9-8-14(2)5-3-6-15(9)12(16)11-10(13)4-7-17-11/h4,7,9H,3,5-6,8H2,1-2H3. The van der Waals surface area contributed by atoms with Gasteiger partial charge in [-0.1, -0.05) is 0 Å². The summed E-state index contributed by atoms with van der Waals surface area (Å²) in [7, 11) is 2.12. The predicted octanol–water partition coefficient (Wildman–Crippen LogP) is 2.68. The minimum absolute atomic E-state index is 0.162. The zero-order chi connectivity index (χ0) is 12.4. The molecule has 1 atom stereocenters.